The lowest BCUT2D eigenvalue weighted by Crippen LogP contribution is -2.53. The van der Waals surface area contributed by atoms with Crippen molar-refractivity contribution in [2.24, 2.45) is 10.8 Å². The summed E-state index contributed by atoms with van der Waals surface area (Å²) in [5.74, 6) is 0.814. The van der Waals surface area contributed by atoms with Crippen LogP contribution in [0.4, 0.5) is 24.8 Å². The average Bonchev–Trinajstić information content (AvgIpc) is 2.55. The Morgan fingerprint density at radius 3 is 2.21 bits per heavy atom. The third-order valence-corrected chi connectivity index (χ3v) is 5.68. The Hall–Kier alpha value is -1.86. The van der Waals surface area contributed by atoms with E-state index in [1.54, 1.807) is 11.0 Å². The number of amides is 1. The zero-order valence-corrected chi connectivity index (χ0v) is 13.8. The molecule has 132 valence electrons. The van der Waals surface area contributed by atoms with E-state index in [4.69, 9.17) is 0 Å². The molecule has 0 aromatic carbocycles. The number of fused-ring (bicyclic) bond motifs is 3. The van der Waals surface area contributed by atoms with Crippen LogP contribution in [0, 0.1) is 10.8 Å². The average molecular weight is 342 g/mol. The number of carbonyl (C=O) groups is 1. The van der Waals surface area contributed by atoms with Crippen molar-refractivity contribution in [3.63, 3.8) is 0 Å². The van der Waals surface area contributed by atoms with E-state index >= 15 is 0 Å². The monoisotopic (exact) mass is 342 g/mol. The molecule has 8 heteroatoms. The molecular formula is C16H21F3N4O. The number of halogens is 3. The van der Waals surface area contributed by atoms with Crippen molar-refractivity contribution >= 4 is 17.5 Å². The smallest absolute Gasteiger partial charge is 0.363 e. The van der Waals surface area contributed by atoms with E-state index in [1.165, 1.54) is 6.33 Å². The largest absolute Gasteiger partial charge is 0.394 e. The highest BCUT2D eigenvalue weighted by atomic mass is 19.4. The van der Waals surface area contributed by atoms with Crippen LogP contribution in [-0.2, 0) is 4.79 Å². The van der Waals surface area contributed by atoms with Crippen LogP contribution in [0.1, 0.15) is 38.5 Å². The van der Waals surface area contributed by atoms with Gasteiger partial charge in [-0.25, -0.2) is 9.97 Å². The van der Waals surface area contributed by atoms with Gasteiger partial charge in [0, 0.05) is 25.6 Å². The lowest BCUT2D eigenvalue weighted by atomic mass is 9.53. The highest BCUT2D eigenvalue weighted by Gasteiger charge is 2.62. The van der Waals surface area contributed by atoms with Crippen molar-refractivity contribution in [3.8, 4) is 0 Å². The molecule has 1 amide bonds. The van der Waals surface area contributed by atoms with Gasteiger partial charge in [0.05, 0.1) is 5.41 Å². The zero-order valence-electron chi connectivity index (χ0n) is 13.8. The number of rotatable bonds is 3. The van der Waals surface area contributed by atoms with E-state index in [-0.39, 0.29) is 44.4 Å². The van der Waals surface area contributed by atoms with Gasteiger partial charge in [0.15, 0.2) is 0 Å². The van der Waals surface area contributed by atoms with Crippen LogP contribution < -0.4 is 10.2 Å². The molecule has 0 radical (unpaired) electrons. The lowest BCUT2D eigenvalue weighted by molar-refractivity contribution is -0.258. The van der Waals surface area contributed by atoms with Crippen LogP contribution in [0.15, 0.2) is 12.4 Å². The van der Waals surface area contributed by atoms with Crippen LogP contribution in [0.2, 0.25) is 0 Å². The number of carbonyl (C=O) groups excluding carboxylic acids is 1. The van der Waals surface area contributed by atoms with Crippen LogP contribution in [-0.4, -0.2) is 36.1 Å². The fourth-order valence-corrected chi connectivity index (χ4v) is 3.86. The van der Waals surface area contributed by atoms with Crippen LogP contribution in [0.3, 0.4) is 0 Å². The summed E-state index contributed by atoms with van der Waals surface area (Å²) < 4.78 is 39.9. The summed E-state index contributed by atoms with van der Waals surface area (Å²) in [4.78, 5) is 22.6. The molecule has 2 bridgehead atoms. The number of hydrogen-bond acceptors (Lipinski definition) is 4. The molecule has 3 saturated carbocycles. The minimum atomic E-state index is -4.18. The molecule has 24 heavy (non-hydrogen) atoms. The third-order valence-electron chi connectivity index (χ3n) is 5.68. The third kappa shape index (κ3) is 2.71. The van der Waals surface area contributed by atoms with Gasteiger partial charge in [-0.15, -0.1) is 0 Å². The van der Waals surface area contributed by atoms with Crippen molar-refractivity contribution < 1.29 is 18.0 Å². The second kappa shape index (κ2) is 5.60. The molecule has 1 aromatic heterocycles. The molecular weight excluding hydrogens is 321 g/mol. The van der Waals surface area contributed by atoms with Crippen molar-refractivity contribution in [2.45, 2.75) is 44.7 Å². The molecule has 3 aliphatic rings. The molecule has 1 aromatic rings. The van der Waals surface area contributed by atoms with Gasteiger partial charge in [0.1, 0.15) is 18.0 Å². The summed E-state index contributed by atoms with van der Waals surface area (Å²) in [6.07, 6.45) is -1.86. The van der Waals surface area contributed by atoms with Gasteiger partial charge in [-0.05, 0) is 38.5 Å². The Balaban J connectivity index is 1.72. The van der Waals surface area contributed by atoms with E-state index in [1.807, 2.05) is 14.1 Å². The molecule has 4 rings (SSSR count). The number of hydrogen-bond donors (Lipinski definition) is 1. The molecule has 3 aliphatic carbocycles. The molecule has 0 saturated heterocycles. The first-order chi connectivity index (χ1) is 11.2. The van der Waals surface area contributed by atoms with E-state index in [0.717, 1.165) is 0 Å². The standard InChI is InChI=1S/C16H21F3N4O/c1-23(2)12-9-11(20-10-21-12)22-13(24)14-3-6-15(7-4-14,8-5-14)16(17,18)19/h9-10H,3-8H2,1-2H3,(H,20,21,22,24). The number of nitrogens with zero attached hydrogens (tertiary/aromatic N) is 3. The molecule has 0 unspecified atom stereocenters. The van der Waals surface area contributed by atoms with Gasteiger partial charge in [0.2, 0.25) is 5.91 Å². The van der Waals surface area contributed by atoms with Crippen LogP contribution in [0.5, 0.6) is 0 Å². The summed E-state index contributed by atoms with van der Waals surface area (Å²) in [5.41, 5.74) is -2.28. The Bertz CT molecular complexity index is 620. The highest BCUT2D eigenvalue weighted by molar-refractivity contribution is 5.95. The van der Waals surface area contributed by atoms with Crippen molar-refractivity contribution in [3.05, 3.63) is 12.4 Å². The van der Waals surface area contributed by atoms with Crippen LogP contribution >= 0.6 is 0 Å². The normalized spacial score (nSPS) is 29.4. The molecule has 5 nitrogen and oxygen atoms in total. The van der Waals surface area contributed by atoms with E-state index in [2.05, 4.69) is 15.3 Å². The van der Waals surface area contributed by atoms with Crippen molar-refractivity contribution in [1.29, 1.82) is 0 Å². The zero-order chi connectivity index (χ0) is 17.6. The van der Waals surface area contributed by atoms with E-state index < -0.39 is 17.0 Å². The summed E-state index contributed by atoms with van der Waals surface area (Å²) >= 11 is 0. The van der Waals surface area contributed by atoms with Crippen LogP contribution in [0.25, 0.3) is 0 Å². The first-order valence-corrected chi connectivity index (χ1v) is 8.05. The second-order valence-corrected chi connectivity index (χ2v) is 7.17. The SMILES string of the molecule is CN(C)c1cc(NC(=O)C23CCC(C(F)(F)F)(CC2)CC3)ncn1. The predicted octanol–water partition coefficient (Wildman–Crippen LogP) is 3.38. The van der Waals surface area contributed by atoms with Gasteiger partial charge in [-0.2, -0.15) is 13.2 Å². The minimum Gasteiger partial charge on any atom is -0.363 e. The van der Waals surface area contributed by atoms with Crippen molar-refractivity contribution in [2.75, 3.05) is 24.3 Å². The Labute approximate surface area is 138 Å². The lowest BCUT2D eigenvalue weighted by Gasteiger charge is -2.52. The summed E-state index contributed by atoms with van der Waals surface area (Å²) in [6, 6.07) is 1.65. The number of aromatic nitrogens is 2. The topological polar surface area (TPSA) is 58.1 Å². The molecule has 3 fully saturated rings. The van der Waals surface area contributed by atoms with E-state index in [0.29, 0.717) is 11.6 Å². The molecule has 0 atom stereocenters. The predicted molar refractivity (Wildman–Crippen MR) is 83.6 cm³/mol. The minimum absolute atomic E-state index is 0.0383. The first-order valence-electron chi connectivity index (χ1n) is 8.05. The maximum Gasteiger partial charge on any atom is 0.394 e. The number of anilines is 2. The first kappa shape index (κ1) is 17.0. The Morgan fingerprint density at radius 2 is 1.71 bits per heavy atom. The summed E-state index contributed by atoms with van der Waals surface area (Å²) in [5, 5.41) is 2.78. The second-order valence-electron chi connectivity index (χ2n) is 7.17. The fourth-order valence-electron chi connectivity index (χ4n) is 3.86. The maximum atomic E-state index is 13.3. The van der Waals surface area contributed by atoms with E-state index in [9.17, 15) is 18.0 Å². The van der Waals surface area contributed by atoms with Gasteiger partial charge in [0.25, 0.3) is 0 Å². The fraction of sp³-hybridized carbons (Fsp3) is 0.688. The Morgan fingerprint density at radius 1 is 1.12 bits per heavy atom. The molecule has 1 N–H and O–H groups in total. The summed E-state index contributed by atoms with van der Waals surface area (Å²) in [6.45, 7) is 0. The molecule has 0 aliphatic heterocycles. The van der Waals surface area contributed by atoms with Gasteiger partial charge >= 0.3 is 6.18 Å². The van der Waals surface area contributed by atoms with Gasteiger partial charge < -0.3 is 10.2 Å². The molecule has 1 heterocycles. The van der Waals surface area contributed by atoms with Gasteiger partial charge in [-0.3, -0.25) is 4.79 Å². The quantitative estimate of drug-likeness (QED) is 0.915. The number of nitrogens with one attached hydrogen (secondary N) is 1. The van der Waals surface area contributed by atoms with Crippen molar-refractivity contribution in [1.82, 2.24) is 9.97 Å². The highest BCUT2D eigenvalue weighted by Crippen LogP contribution is 2.62. The summed E-state index contributed by atoms with van der Waals surface area (Å²) in [7, 11) is 3.65. The number of alkyl halides is 3. The maximum absolute atomic E-state index is 13.3. The Kier molecular flexibility index (Phi) is 3.96. The van der Waals surface area contributed by atoms with Gasteiger partial charge in [-0.1, -0.05) is 0 Å². The molecule has 0 spiro atoms.